The van der Waals surface area contributed by atoms with Crippen LogP contribution in [0.15, 0.2) is 18.2 Å². The lowest BCUT2D eigenvalue weighted by atomic mass is 9.96. The zero-order chi connectivity index (χ0) is 12.3. The Morgan fingerprint density at radius 3 is 2.38 bits per heavy atom. The van der Waals surface area contributed by atoms with Crippen molar-refractivity contribution in [3.63, 3.8) is 0 Å². The maximum absolute atomic E-state index is 5.92. The molecule has 0 aliphatic rings. The summed E-state index contributed by atoms with van der Waals surface area (Å²) < 4.78 is 0. The zero-order valence-electron chi connectivity index (χ0n) is 11.1. The summed E-state index contributed by atoms with van der Waals surface area (Å²) >= 11 is 0. The zero-order valence-corrected chi connectivity index (χ0v) is 11.1. The van der Waals surface area contributed by atoms with Crippen molar-refractivity contribution < 1.29 is 0 Å². The molecule has 0 saturated carbocycles. The number of hydrogen-bond acceptors (Lipinski definition) is 2. The molecule has 0 aliphatic heterocycles. The molecule has 0 aromatic heterocycles. The van der Waals surface area contributed by atoms with E-state index < -0.39 is 0 Å². The Morgan fingerprint density at radius 1 is 1.25 bits per heavy atom. The van der Waals surface area contributed by atoms with Gasteiger partial charge in [0.1, 0.15) is 0 Å². The van der Waals surface area contributed by atoms with Crippen molar-refractivity contribution in [1.82, 2.24) is 4.90 Å². The van der Waals surface area contributed by atoms with Gasteiger partial charge in [0.2, 0.25) is 0 Å². The lowest BCUT2D eigenvalue weighted by molar-refractivity contribution is 0.200. The molecule has 90 valence electrons. The van der Waals surface area contributed by atoms with E-state index in [2.05, 4.69) is 57.8 Å². The lowest BCUT2D eigenvalue weighted by Gasteiger charge is -2.32. The monoisotopic (exact) mass is 220 g/mol. The first-order valence-corrected chi connectivity index (χ1v) is 5.97. The van der Waals surface area contributed by atoms with E-state index in [9.17, 15) is 0 Å². The SMILES string of the molecule is Cc1cccc(C(CN)N(C)C(C)C)c1C. The second-order valence-corrected chi connectivity index (χ2v) is 4.80. The van der Waals surface area contributed by atoms with Gasteiger partial charge in [0.25, 0.3) is 0 Å². The summed E-state index contributed by atoms with van der Waals surface area (Å²) in [5.74, 6) is 0. The van der Waals surface area contributed by atoms with Crippen LogP contribution in [0.2, 0.25) is 0 Å². The summed E-state index contributed by atoms with van der Waals surface area (Å²) in [6, 6.07) is 7.29. The molecule has 0 fully saturated rings. The molecule has 2 heteroatoms. The van der Waals surface area contributed by atoms with Crippen LogP contribution in [0.25, 0.3) is 0 Å². The molecule has 1 rings (SSSR count). The van der Waals surface area contributed by atoms with Gasteiger partial charge in [0, 0.05) is 18.6 Å². The molecule has 0 aliphatic carbocycles. The minimum Gasteiger partial charge on any atom is -0.329 e. The second kappa shape index (κ2) is 5.46. The second-order valence-electron chi connectivity index (χ2n) is 4.80. The number of likely N-dealkylation sites (N-methyl/N-ethyl adjacent to an activating group) is 1. The van der Waals surface area contributed by atoms with E-state index >= 15 is 0 Å². The molecule has 1 aromatic carbocycles. The maximum Gasteiger partial charge on any atom is 0.0472 e. The highest BCUT2D eigenvalue weighted by molar-refractivity contribution is 5.35. The van der Waals surface area contributed by atoms with E-state index in [1.807, 2.05) is 0 Å². The maximum atomic E-state index is 5.92. The Labute approximate surface area is 99.5 Å². The molecule has 0 heterocycles. The van der Waals surface area contributed by atoms with Gasteiger partial charge in [-0.3, -0.25) is 4.90 Å². The molecule has 2 nitrogen and oxygen atoms in total. The highest BCUT2D eigenvalue weighted by atomic mass is 15.2. The van der Waals surface area contributed by atoms with Crippen molar-refractivity contribution in [2.75, 3.05) is 13.6 Å². The number of nitrogens with zero attached hydrogens (tertiary/aromatic N) is 1. The van der Waals surface area contributed by atoms with Crippen LogP contribution in [0.5, 0.6) is 0 Å². The largest absolute Gasteiger partial charge is 0.329 e. The molecule has 0 bridgehead atoms. The van der Waals surface area contributed by atoms with Crippen LogP contribution in [0.1, 0.15) is 36.6 Å². The molecule has 1 unspecified atom stereocenters. The van der Waals surface area contributed by atoms with Gasteiger partial charge in [-0.05, 0) is 51.4 Å². The fourth-order valence-electron chi connectivity index (χ4n) is 2.01. The van der Waals surface area contributed by atoms with Crippen LogP contribution in [0.4, 0.5) is 0 Å². The van der Waals surface area contributed by atoms with Gasteiger partial charge < -0.3 is 5.73 Å². The molecular weight excluding hydrogens is 196 g/mol. The molecule has 16 heavy (non-hydrogen) atoms. The first-order chi connectivity index (χ1) is 7.49. The molecule has 0 spiro atoms. The van der Waals surface area contributed by atoms with Crippen molar-refractivity contribution in [2.24, 2.45) is 5.73 Å². The van der Waals surface area contributed by atoms with Gasteiger partial charge >= 0.3 is 0 Å². The van der Waals surface area contributed by atoms with Gasteiger partial charge in [0.15, 0.2) is 0 Å². The van der Waals surface area contributed by atoms with Gasteiger partial charge in [-0.25, -0.2) is 0 Å². The fourth-order valence-corrected chi connectivity index (χ4v) is 2.01. The molecule has 0 radical (unpaired) electrons. The summed E-state index contributed by atoms with van der Waals surface area (Å²) in [4.78, 5) is 2.34. The van der Waals surface area contributed by atoms with Crippen molar-refractivity contribution in [1.29, 1.82) is 0 Å². The smallest absolute Gasteiger partial charge is 0.0472 e. The van der Waals surface area contributed by atoms with Crippen LogP contribution in [0.3, 0.4) is 0 Å². The molecule has 1 aromatic rings. The number of nitrogens with two attached hydrogens (primary N) is 1. The minimum atomic E-state index is 0.319. The third kappa shape index (κ3) is 2.63. The summed E-state index contributed by atoms with van der Waals surface area (Å²) in [5.41, 5.74) is 9.99. The Balaban J connectivity index is 3.09. The van der Waals surface area contributed by atoms with E-state index in [4.69, 9.17) is 5.73 Å². The van der Waals surface area contributed by atoms with Crippen LogP contribution in [-0.4, -0.2) is 24.5 Å². The predicted octanol–water partition coefficient (Wildman–Crippen LogP) is 2.64. The lowest BCUT2D eigenvalue weighted by Crippen LogP contribution is -2.35. The molecule has 1 atom stereocenters. The van der Waals surface area contributed by atoms with E-state index in [1.54, 1.807) is 0 Å². The number of benzene rings is 1. The van der Waals surface area contributed by atoms with Crippen molar-refractivity contribution in [3.05, 3.63) is 34.9 Å². The number of hydrogen-bond donors (Lipinski definition) is 1. The summed E-state index contributed by atoms with van der Waals surface area (Å²) in [6.45, 7) is 9.41. The van der Waals surface area contributed by atoms with Crippen LogP contribution >= 0.6 is 0 Å². The topological polar surface area (TPSA) is 29.3 Å². The first-order valence-electron chi connectivity index (χ1n) is 5.97. The van der Waals surface area contributed by atoms with E-state index in [-0.39, 0.29) is 0 Å². The average Bonchev–Trinajstić information content (AvgIpc) is 2.24. The summed E-state index contributed by atoms with van der Waals surface area (Å²) in [6.07, 6.45) is 0. The van der Waals surface area contributed by atoms with E-state index in [0.29, 0.717) is 18.6 Å². The average molecular weight is 220 g/mol. The van der Waals surface area contributed by atoms with E-state index in [1.165, 1.54) is 16.7 Å². The van der Waals surface area contributed by atoms with Crippen molar-refractivity contribution in [2.45, 2.75) is 39.8 Å². The highest BCUT2D eigenvalue weighted by Gasteiger charge is 2.19. The van der Waals surface area contributed by atoms with Gasteiger partial charge in [-0.2, -0.15) is 0 Å². The van der Waals surface area contributed by atoms with Crippen LogP contribution < -0.4 is 5.73 Å². The van der Waals surface area contributed by atoms with Gasteiger partial charge in [0.05, 0.1) is 0 Å². The highest BCUT2D eigenvalue weighted by Crippen LogP contribution is 2.25. The summed E-state index contributed by atoms with van der Waals surface area (Å²) in [5, 5.41) is 0. The molecular formula is C14H24N2. The molecule has 0 saturated heterocycles. The van der Waals surface area contributed by atoms with Gasteiger partial charge in [-0.15, -0.1) is 0 Å². The summed E-state index contributed by atoms with van der Waals surface area (Å²) in [7, 11) is 2.14. The Hall–Kier alpha value is -0.860. The molecule has 2 N–H and O–H groups in total. The van der Waals surface area contributed by atoms with Crippen LogP contribution in [0, 0.1) is 13.8 Å². The van der Waals surface area contributed by atoms with Gasteiger partial charge in [-0.1, -0.05) is 18.2 Å². The quantitative estimate of drug-likeness (QED) is 0.845. The van der Waals surface area contributed by atoms with Crippen LogP contribution in [-0.2, 0) is 0 Å². The number of rotatable bonds is 4. The fraction of sp³-hybridized carbons (Fsp3) is 0.571. The Kier molecular flexibility index (Phi) is 4.51. The normalized spacial score (nSPS) is 13.5. The predicted molar refractivity (Wildman–Crippen MR) is 70.6 cm³/mol. The Morgan fingerprint density at radius 2 is 1.88 bits per heavy atom. The molecule has 0 amide bonds. The third-order valence-corrected chi connectivity index (χ3v) is 3.53. The Bertz CT molecular complexity index is 345. The standard InChI is InChI=1S/C14H24N2/c1-10(2)16(5)14(9-15)13-8-6-7-11(3)12(13)4/h6-8,10,14H,9,15H2,1-5H3. The van der Waals surface area contributed by atoms with Crippen molar-refractivity contribution >= 4 is 0 Å². The number of aryl methyl sites for hydroxylation is 1. The van der Waals surface area contributed by atoms with Crippen molar-refractivity contribution in [3.8, 4) is 0 Å². The van der Waals surface area contributed by atoms with E-state index in [0.717, 1.165) is 0 Å². The minimum absolute atomic E-state index is 0.319. The first kappa shape index (κ1) is 13.2. The third-order valence-electron chi connectivity index (χ3n) is 3.53.